The highest BCUT2D eigenvalue weighted by molar-refractivity contribution is 7.89. The minimum Gasteiger partial charge on any atom is -0.375 e. The molecule has 0 radical (unpaired) electrons. The fraction of sp³-hybridized carbons (Fsp3) is 0.588. The number of rotatable bonds is 4. The van der Waals surface area contributed by atoms with Crippen LogP contribution in [0.5, 0.6) is 0 Å². The number of nitrogens with zero attached hydrogens (tertiary/aromatic N) is 2. The Kier molecular flexibility index (Phi) is 6.14. The number of hydrogen-bond acceptors (Lipinski definition) is 4. The van der Waals surface area contributed by atoms with Gasteiger partial charge in [-0.1, -0.05) is 11.6 Å². The Morgan fingerprint density at radius 2 is 2.00 bits per heavy atom. The first-order valence-electron chi connectivity index (χ1n) is 8.25. The summed E-state index contributed by atoms with van der Waals surface area (Å²) in [5, 5.41) is 0.238. The normalized spacial score (nSPS) is 21.8. The number of hydrogen-bond donors (Lipinski definition) is 0. The van der Waals surface area contributed by atoms with E-state index in [0.29, 0.717) is 13.2 Å². The van der Waals surface area contributed by atoms with Crippen LogP contribution in [0.4, 0.5) is 0 Å². The number of sulfonamides is 1. The van der Waals surface area contributed by atoms with Gasteiger partial charge < -0.3 is 9.64 Å². The molecule has 1 saturated heterocycles. The molecule has 2 unspecified atom stereocenters. The van der Waals surface area contributed by atoms with Gasteiger partial charge in [0.05, 0.1) is 34.2 Å². The standard InChI is InChI=1S/C17H25ClN2O4S/c1-11(2)19(5)25(22,23)14-6-7-16(18)15(8-14)17(21)20-9-13(4)24-10-12(20)3/h6-8,11-13H,9-10H2,1-5H3. The fourth-order valence-corrected chi connectivity index (χ4v) is 4.21. The highest BCUT2D eigenvalue weighted by Crippen LogP contribution is 2.26. The third-order valence-electron chi connectivity index (χ3n) is 4.44. The second-order valence-electron chi connectivity index (χ2n) is 6.71. The first-order chi connectivity index (χ1) is 11.6. The largest absolute Gasteiger partial charge is 0.375 e. The van der Waals surface area contributed by atoms with Crippen molar-refractivity contribution < 1.29 is 17.9 Å². The summed E-state index contributed by atoms with van der Waals surface area (Å²) in [6.07, 6.45) is -0.0714. The zero-order valence-electron chi connectivity index (χ0n) is 15.2. The molecule has 2 atom stereocenters. The minimum absolute atomic E-state index is 0.0606. The molecule has 2 rings (SSSR count). The van der Waals surface area contributed by atoms with Crippen molar-refractivity contribution in [2.24, 2.45) is 0 Å². The van der Waals surface area contributed by atoms with E-state index in [-0.39, 0.29) is 39.6 Å². The summed E-state index contributed by atoms with van der Waals surface area (Å²) < 4.78 is 32.2. The Morgan fingerprint density at radius 3 is 2.60 bits per heavy atom. The van der Waals surface area contributed by atoms with Crippen LogP contribution < -0.4 is 0 Å². The molecule has 0 saturated carbocycles. The molecule has 0 N–H and O–H groups in total. The van der Waals surface area contributed by atoms with Crippen molar-refractivity contribution in [1.82, 2.24) is 9.21 Å². The van der Waals surface area contributed by atoms with Gasteiger partial charge in [0.25, 0.3) is 5.91 Å². The molecule has 1 aliphatic rings. The van der Waals surface area contributed by atoms with E-state index in [1.807, 2.05) is 13.8 Å². The summed E-state index contributed by atoms with van der Waals surface area (Å²) >= 11 is 6.20. The molecule has 1 aromatic carbocycles. The number of benzene rings is 1. The summed E-state index contributed by atoms with van der Waals surface area (Å²) in [4.78, 5) is 14.7. The molecule has 0 aromatic heterocycles. The average molecular weight is 389 g/mol. The van der Waals surface area contributed by atoms with Crippen molar-refractivity contribution in [2.45, 2.75) is 50.8 Å². The number of halogens is 1. The molecule has 25 heavy (non-hydrogen) atoms. The zero-order chi connectivity index (χ0) is 18.9. The number of amides is 1. The van der Waals surface area contributed by atoms with E-state index < -0.39 is 10.0 Å². The van der Waals surface area contributed by atoms with Crippen molar-refractivity contribution >= 4 is 27.5 Å². The van der Waals surface area contributed by atoms with Gasteiger partial charge in [0.1, 0.15) is 0 Å². The van der Waals surface area contributed by atoms with Crippen LogP contribution in [0.1, 0.15) is 38.1 Å². The topological polar surface area (TPSA) is 66.9 Å². The quantitative estimate of drug-likeness (QED) is 0.795. The summed E-state index contributed by atoms with van der Waals surface area (Å²) in [6, 6.07) is 3.97. The van der Waals surface area contributed by atoms with Crippen molar-refractivity contribution in [3.8, 4) is 0 Å². The van der Waals surface area contributed by atoms with Crippen LogP contribution in [0, 0.1) is 0 Å². The van der Waals surface area contributed by atoms with E-state index in [1.165, 1.54) is 29.6 Å². The summed E-state index contributed by atoms with van der Waals surface area (Å²) in [5.74, 6) is -0.281. The fourth-order valence-electron chi connectivity index (χ4n) is 2.61. The highest BCUT2D eigenvalue weighted by atomic mass is 35.5. The lowest BCUT2D eigenvalue weighted by molar-refractivity contribution is -0.0387. The molecule has 1 heterocycles. The summed E-state index contributed by atoms with van der Waals surface area (Å²) in [7, 11) is -2.17. The summed E-state index contributed by atoms with van der Waals surface area (Å²) in [6.45, 7) is 8.25. The summed E-state index contributed by atoms with van der Waals surface area (Å²) in [5.41, 5.74) is 0.195. The number of ether oxygens (including phenoxy) is 1. The monoisotopic (exact) mass is 388 g/mol. The van der Waals surface area contributed by atoms with E-state index in [4.69, 9.17) is 16.3 Å². The van der Waals surface area contributed by atoms with Gasteiger partial charge in [-0.25, -0.2) is 8.42 Å². The Morgan fingerprint density at radius 1 is 1.36 bits per heavy atom. The van der Waals surface area contributed by atoms with Crippen LogP contribution in [-0.4, -0.2) is 61.9 Å². The van der Waals surface area contributed by atoms with E-state index in [1.54, 1.807) is 18.7 Å². The van der Waals surface area contributed by atoms with E-state index in [0.717, 1.165) is 0 Å². The van der Waals surface area contributed by atoms with Gasteiger partial charge in [0.2, 0.25) is 10.0 Å². The number of morpholine rings is 1. The van der Waals surface area contributed by atoms with Gasteiger partial charge >= 0.3 is 0 Å². The third kappa shape index (κ3) is 4.16. The number of carbonyl (C=O) groups excluding carboxylic acids is 1. The van der Waals surface area contributed by atoms with Gasteiger partial charge in [-0.3, -0.25) is 4.79 Å². The van der Waals surface area contributed by atoms with E-state index in [2.05, 4.69) is 0 Å². The lowest BCUT2D eigenvalue weighted by atomic mass is 10.1. The molecule has 0 spiro atoms. The van der Waals surface area contributed by atoms with Crippen LogP contribution in [0.3, 0.4) is 0 Å². The first-order valence-corrected chi connectivity index (χ1v) is 10.1. The molecule has 6 nitrogen and oxygen atoms in total. The van der Waals surface area contributed by atoms with Gasteiger partial charge in [0.15, 0.2) is 0 Å². The molecule has 1 aliphatic heterocycles. The lowest BCUT2D eigenvalue weighted by Gasteiger charge is -2.37. The average Bonchev–Trinajstić information content (AvgIpc) is 2.55. The molecule has 8 heteroatoms. The molecule has 0 bridgehead atoms. The molecule has 1 fully saturated rings. The second-order valence-corrected chi connectivity index (χ2v) is 9.11. The Bertz CT molecular complexity index is 751. The minimum atomic E-state index is -3.69. The maximum Gasteiger partial charge on any atom is 0.255 e. The van der Waals surface area contributed by atoms with Gasteiger partial charge in [-0.2, -0.15) is 4.31 Å². The Labute approximate surface area is 154 Å². The molecule has 1 amide bonds. The van der Waals surface area contributed by atoms with Gasteiger partial charge in [-0.05, 0) is 45.9 Å². The number of carbonyl (C=O) groups is 1. The predicted molar refractivity (Wildman–Crippen MR) is 97.4 cm³/mol. The zero-order valence-corrected chi connectivity index (χ0v) is 16.8. The van der Waals surface area contributed by atoms with Crippen molar-refractivity contribution in [3.63, 3.8) is 0 Å². The molecule has 140 valence electrons. The second kappa shape index (κ2) is 7.61. The highest BCUT2D eigenvalue weighted by Gasteiger charge is 2.31. The van der Waals surface area contributed by atoms with Crippen LogP contribution >= 0.6 is 11.6 Å². The third-order valence-corrected chi connectivity index (χ3v) is 6.80. The van der Waals surface area contributed by atoms with Crippen LogP contribution in [0.25, 0.3) is 0 Å². The molecular formula is C17H25ClN2O4S. The Balaban J connectivity index is 2.41. The molecule has 1 aromatic rings. The first kappa shape index (κ1) is 20.2. The lowest BCUT2D eigenvalue weighted by Crippen LogP contribution is -2.50. The maximum atomic E-state index is 12.9. The van der Waals surface area contributed by atoms with Crippen molar-refractivity contribution in [2.75, 3.05) is 20.2 Å². The van der Waals surface area contributed by atoms with Gasteiger partial charge in [-0.15, -0.1) is 0 Å². The van der Waals surface area contributed by atoms with Crippen LogP contribution in [0.15, 0.2) is 23.1 Å². The van der Waals surface area contributed by atoms with Gasteiger partial charge in [0, 0.05) is 19.6 Å². The van der Waals surface area contributed by atoms with E-state index in [9.17, 15) is 13.2 Å². The van der Waals surface area contributed by atoms with Crippen molar-refractivity contribution in [3.05, 3.63) is 28.8 Å². The molecular weight excluding hydrogens is 364 g/mol. The molecule has 0 aliphatic carbocycles. The van der Waals surface area contributed by atoms with Crippen LogP contribution in [0.2, 0.25) is 5.02 Å². The SMILES string of the molecule is CC1CN(C(=O)c2cc(S(=O)(=O)N(C)C(C)C)ccc2Cl)C(C)CO1. The predicted octanol–water partition coefficient (Wildman–Crippen LogP) is 2.62. The van der Waals surface area contributed by atoms with Crippen LogP contribution in [-0.2, 0) is 14.8 Å². The smallest absolute Gasteiger partial charge is 0.255 e. The Hall–Kier alpha value is -1.15. The van der Waals surface area contributed by atoms with Crippen molar-refractivity contribution in [1.29, 1.82) is 0 Å². The maximum absolute atomic E-state index is 12.9. The van der Waals surface area contributed by atoms with E-state index >= 15 is 0 Å².